The highest BCUT2D eigenvalue weighted by Crippen LogP contribution is 2.30. The Kier molecular flexibility index (Phi) is 9.78. The molecule has 43 heavy (non-hydrogen) atoms. The molecule has 226 valence electrons. The van der Waals surface area contributed by atoms with E-state index < -0.39 is 0 Å². The fourth-order valence-electron chi connectivity index (χ4n) is 5.54. The van der Waals surface area contributed by atoms with Crippen molar-refractivity contribution in [2.75, 3.05) is 76.8 Å². The lowest BCUT2D eigenvalue weighted by atomic mass is 10.1. The van der Waals surface area contributed by atoms with Gasteiger partial charge in [0.05, 0.1) is 25.6 Å². The van der Waals surface area contributed by atoms with Crippen molar-refractivity contribution in [1.29, 1.82) is 0 Å². The number of rotatable bonds is 7. The number of carbonyl (C=O) groups is 3. The predicted molar refractivity (Wildman–Crippen MR) is 167 cm³/mol. The molecule has 10 heteroatoms. The van der Waals surface area contributed by atoms with Gasteiger partial charge in [0.1, 0.15) is 11.5 Å². The summed E-state index contributed by atoms with van der Waals surface area (Å²) in [6, 6.07) is 19.7. The fourth-order valence-corrected chi connectivity index (χ4v) is 5.54. The zero-order valence-corrected chi connectivity index (χ0v) is 24.8. The summed E-state index contributed by atoms with van der Waals surface area (Å²) in [6.45, 7) is 5.34. The third kappa shape index (κ3) is 7.26. The molecule has 0 atom stereocenters. The maximum Gasteiger partial charge on any atom is 0.255 e. The van der Waals surface area contributed by atoms with Crippen molar-refractivity contribution in [2.45, 2.75) is 12.8 Å². The second-order valence-corrected chi connectivity index (χ2v) is 10.7. The van der Waals surface area contributed by atoms with E-state index in [9.17, 15) is 14.4 Å². The second-order valence-electron chi connectivity index (χ2n) is 10.7. The van der Waals surface area contributed by atoms with Gasteiger partial charge in [-0.1, -0.05) is 12.1 Å². The molecule has 2 aliphatic rings. The maximum atomic E-state index is 13.5. The first-order valence-electron chi connectivity index (χ1n) is 14.7. The van der Waals surface area contributed by atoms with E-state index in [4.69, 9.17) is 9.47 Å². The van der Waals surface area contributed by atoms with Gasteiger partial charge in [-0.3, -0.25) is 14.4 Å². The fraction of sp³-hybridized carbons (Fsp3) is 0.364. The van der Waals surface area contributed by atoms with E-state index in [1.54, 1.807) is 56.7 Å². The van der Waals surface area contributed by atoms with E-state index in [-0.39, 0.29) is 17.7 Å². The molecular weight excluding hydrogens is 546 g/mol. The summed E-state index contributed by atoms with van der Waals surface area (Å²) in [5.41, 5.74) is 2.92. The molecule has 2 fully saturated rings. The van der Waals surface area contributed by atoms with E-state index in [0.29, 0.717) is 73.1 Å². The zero-order chi connectivity index (χ0) is 30.2. The smallest absolute Gasteiger partial charge is 0.255 e. The normalized spacial score (nSPS) is 15.7. The van der Waals surface area contributed by atoms with Crippen LogP contribution >= 0.6 is 0 Å². The SMILES string of the molecule is COc1cccc(C(=O)Nc2cc(C(=O)N3CCCNCC3)ccc2N2CCCN(C(=O)c3cccc(OC)c3)CC2)c1. The molecule has 0 bridgehead atoms. The van der Waals surface area contributed by atoms with Gasteiger partial charge in [0.25, 0.3) is 17.7 Å². The molecule has 3 amide bonds. The van der Waals surface area contributed by atoms with Crippen molar-refractivity contribution in [3.63, 3.8) is 0 Å². The number of nitrogens with one attached hydrogen (secondary N) is 2. The van der Waals surface area contributed by atoms with Crippen LogP contribution in [0.4, 0.5) is 11.4 Å². The average Bonchev–Trinajstić information content (AvgIpc) is 3.48. The molecule has 10 nitrogen and oxygen atoms in total. The largest absolute Gasteiger partial charge is 0.497 e. The standard InChI is InChI=1S/C33H39N5O5/c1-42-27-9-3-7-24(21-27)31(39)35-29-23-26(33(41)37-15-5-13-34-14-18-37)11-12-30(29)36-16-6-17-38(20-19-36)32(40)25-8-4-10-28(22-25)43-2/h3-4,7-12,21-23,34H,5-6,13-20H2,1-2H3,(H,35,39). The van der Waals surface area contributed by atoms with Crippen LogP contribution in [-0.4, -0.2) is 94.1 Å². The van der Waals surface area contributed by atoms with Crippen molar-refractivity contribution < 1.29 is 23.9 Å². The molecule has 2 N–H and O–H groups in total. The number of anilines is 2. The van der Waals surface area contributed by atoms with Crippen LogP contribution < -0.4 is 25.0 Å². The Bertz CT molecular complexity index is 1450. The summed E-state index contributed by atoms with van der Waals surface area (Å²) in [5, 5.41) is 6.40. The van der Waals surface area contributed by atoms with Crippen LogP contribution in [-0.2, 0) is 0 Å². The summed E-state index contributed by atoms with van der Waals surface area (Å²) in [6.07, 6.45) is 1.64. The van der Waals surface area contributed by atoms with Gasteiger partial charge in [0.2, 0.25) is 0 Å². The van der Waals surface area contributed by atoms with E-state index >= 15 is 0 Å². The van der Waals surface area contributed by atoms with Gasteiger partial charge in [-0.05, 0) is 74.0 Å². The van der Waals surface area contributed by atoms with Crippen LogP contribution in [0.15, 0.2) is 66.7 Å². The second kappa shape index (κ2) is 14.1. The van der Waals surface area contributed by atoms with Gasteiger partial charge in [0, 0.05) is 62.5 Å². The Balaban J connectivity index is 1.39. The van der Waals surface area contributed by atoms with E-state index in [1.165, 1.54) is 0 Å². The zero-order valence-electron chi connectivity index (χ0n) is 24.8. The third-order valence-electron chi connectivity index (χ3n) is 7.89. The molecule has 2 aliphatic heterocycles. The predicted octanol–water partition coefficient (Wildman–Crippen LogP) is 3.74. The Morgan fingerprint density at radius 2 is 1.33 bits per heavy atom. The van der Waals surface area contributed by atoms with Gasteiger partial charge < -0.3 is 34.8 Å². The van der Waals surface area contributed by atoms with Crippen LogP contribution in [0.3, 0.4) is 0 Å². The number of hydrogen-bond donors (Lipinski definition) is 2. The van der Waals surface area contributed by atoms with Crippen molar-refractivity contribution in [3.8, 4) is 11.5 Å². The Labute approximate surface area is 252 Å². The van der Waals surface area contributed by atoms with Crippen LogP contribution in [0.25, 0.3) is 0 Å². The molecular formula is C33H39N5O5. The summed E-state index contributed by atoms with van der Waals surface area (Å²) >= 11 is 0. The number of ether oxygens (including phenoxy) is 2. The van der Waals surface area contributed by atoms with Crippen molar-refractivity contribution >= 4 is 29.1 Å². The van der Waals surface area contributed by atoms with Gasteiger partial charge in [0.15, 0.2) is 0 Å². The number of benzene rings is 3. The van der Waals surface area contributed by atoms with Crippen LogP contribution in [0.1, 0.15) is 43.9 Å². The number of carbonyl (C=O) groups excluding carboxylic acids is 3. The Morgan fingerprint density at radius 1 is 0.674 bits per heavy atom. The minimum Gasteiger partial charge on any atom is -0.497 e. The first kappa shape index (κ1) is 29.9. The number of methoxy groups -OCH3 is 2. The number of hydrogen-bond acceptors (Lipinski definition) is 7. The lowest BCUT2D eigenvalue weighted by Crippen LogP contribution is -2.35. The topological polar surface area (TPSA) is 103 Å². The molecule has 0 aromatic heterocycles. The highest BCUT2D eigenvalue weighted by atomic mass is 16.5. The van der Waals surface area contributed by atoms with E-state index in [2.05, 4.69) is 15.5 Å². The molecule has 2 heterocycles. The monoisotopic (exact) mass is 585 g/mol. The summed E-state index contributed by atoms with van der Waals surface area (Å²) in [4.78, 5) is 46.1. The average molecular weight is 586 g/mol. The van der Waals surface area contributed by atoms with Crippen LogP contribution in [0, 0.1) is 0 Å². The molecule has 5 rings (SSSR count). The lowest BCUT2D eigenvalue weighted by molar-refractivity contribution is 0.0759. The summed E-state index contributed by atoms with van der Waals surface area (Å²) in [5.74, 6) is 0.830. The maximum absolute atomic E-state index is 13.5. The Hall–Kier alpha value is -4.57. The van der Waals surface area contributed by atoms with Crippen molar-refractivity contribution in [2.24, 2.45) is 0 Å². The molecule has 0 spiro atoms. The van der Waals surface area contributed by atoms with E-state index in [0.717, 1.165) is 31.6 Å². The molecule has 0 aliphatic carbocycles. The minimum absolute atomic E-state index is 0.0415. The van der Waals surface area contributed by atoms with Crippen LogP contribution in [0.2, 0.25) is 0 Å². The minimum atomic E-state index is -0.298. The molecule has 0 saturated carbocycles. The first-order chi connectivity index (χ1) is 21.0. The van der Waals surface area contributed by atoms with Gasteiger partial charge in [-0.25, -0.2) is 0 Å². The third-order valence-corrected chi connectivity index (χ3v) is 7.89. The molecule has 3 aromatic rings. The number of nitrogens with zero attached hydrogens (tertiary/aromatic N) is 3. The summed E-state index contributed by atoms with van der Waals surface area (Å²) < 4.78 is 10.6. The molecule has 3 aromatic carbocycles. The molecule has 2 saturated heterocycles. The van der Waals surface area contributed by atoms with Crippen molar-refractivity contribution in [3.05, 3.63) is 83.4 Å². The molecule has 0 radical (unpaired) electrons. The quantitative estimate of drug-likeness (QED) is 0.436. The van der Waals surface area contributed by atoms with Crippen LogP contribution in [0.5, 0.6) is 11.5 Å². The van der Waals surface area contributed by atoms with Crippen molar-refractivity contribution in [1.82, 2.24) is 15.1 Å². The number of amides is 3. The van der Waals surface area contributed by atoms with E-state index in [1.807, 2.05) is 34.1 Å². The molecule has 0 unspecified atom stereocenters. The highest BCUT2D eigenvalue weighted by Gasteiger charge is 2.25. The van der Waals surface area contributed by atoms with Gasteiger partial charge in [-0.2, -0.15) is 0 Å². The van der Waals surface area contributed by atoms with Gasteiger partial charge in [-0.15, -0.1) is 0 Å². The lowest BCUT2D eigenvalue weighted by Gasteiger charge is -2.27. The highest BCUT2D eigenvalue weighted by molar-refractivity contribution is 6.07. The summed E-state index contributed by atoms with van der Waals surface area (Å²) in [7, 11) is 3.15. The van der Waals surface area contributed by atoms with Gasteiger partial charge >= 0.3 is 0 Å². The Morgan fingerprint density at radius 3 is 2.07 bits per heavy atom. The first-order valence-corrected chi connectivity index (χ1v) is 14.7.